The molecule has 0 saturated carbocycles. The molecule has 0 fully saturated rings. The second-order valence-corrected chi connectivity index (χ2v) is 9.39. The fourth-order valence-corrected chi connectivity index (χ4v) is 3.92. The van der Waals surface area contributed by atoms with Crippen LogP contribution in [0.4, 0.5) is 5.69 Å². The summed E-state index contributed by atoms with van der Waals surface area (Å²) in [5.41, 5.74) is 10.6. The Kier molecular flexibility index (Phi) is 8.79. The largest absolute Gasteiger partial charge is 0.494 e. The third-order valence-electron chi connectivity index (χ3n) is 6.27. The number of aliphatic hydroxyl groups excluding tert-OH is 1. The highest BCUT2D eigenvalue weighted by Crippen LogP contribution is 2.26. The standard InChI is InChI=1S/C32H34N2O4/c1-3-37-30-6-4-5-27(21-30)26-9-7-23(8-10-26)19-20-38-29-17-13-25(14-18-29)24-11-15-28(16-12-24)34-31(36)32(2,33)22-35/h4-18,21,35H,3,19-20,22,33H2,1-2H3,(H,34,36)/t32-/m0/s1. The number of ether oxygens (including phenoxy) is 2. The molecule has 6 heteroatoms. The number of benzene rings is 4. The summed E-state index contributed by atoms with van der Waals surface area (Å²) in [6.45, 7) is 4.28. The molecular weight excluding hydrogens is 476 g/mol. The van der Waals surface area contributed by atoms with Crippen LogP contribution in [0.1, 0.15) is 19.4 Å². The van der Waals surface area contributed by atoms with Crippen LogP contribution in [0.5, 0.6) is 11.5 Å². The van der Waals surface area contributed by atoms with Gasteiger partial charge in [-0.3, -0.25) is 4.79 Å². The second kappa shape index (κ2) is 12.4. The fourth-order valence-electron chi connectivity index (χ4n) is 3.92. The van der Waals surface area contributed by atoms with E-state index in [0.29, 0.717) is 18.9 Å². The molecule has 0 spiro atoms. The lowest BCUT2D eigenvalue weighted by atomic mass is 10.0. The van der Waals surface area contributed by atoms with Gasteiger partial charge in [0.2, 0.25) is 5.91 Å². The minimum atomic E-state index is -1.32. The van der Waals surface area contributed by atoms with Gasteiger partial charge in [-0.15, -0.1) is 0 Å². The van der Waals surface area contributed by atoms with Crippen LogP contribution in [0.15, 0.2) is 97.1 Å². The topological polar surface area (TPSA) is 93.8 Å². The average Bonchev–Trinajstić information content (AvgIpc) is 2.94. The number of hydrogen-bond acceptors (Lipinski definition) is 5. The van der Waals surface area contributed by atoms with Gasteiger partial charge in [-0.2, -0.15) is 0 Å². The highest BCUT2D eigenvalue weighted by atomic mass is 16.5. The molecule has 4 aromatic rings. The number of rotatable bonds is 11. The van der Waals surface area contributed by atoms with Crippen LogP contribution in [0.25, 0.3) is 22.3 Å². The number of nitrogens with one attached hydrogen (secondary N) is 1. The average molecular weight is 511 g/mol. The molecule has 1 amide bonds. The van der Waals surface area contributed by atoms with Crippen LogP contribution in [-0.4, -0.2) is 36.4 Å². The van der Waals surface area contributed by atoms with Crippen molar-refractivity contribution in [3.63, 3.8) is 0 Å². The van der Waals surface area contributed by atoms with Gasteiger partial charge in [0.25, 0.3) is 0 Å². The zero-order valence-electron chi connectivity index (χ0n) is 21.8. The van der Waals surface area contributed by atoms with Crippen molar-refractivity contribution in [2.24, 2.45) is 5.73 Å². The molecule has 0 aliphatic rings. The Morgan fingerprint density at radius 1 is 0.816 bits per heavy atom. The van der Waals surface area contributed by atoms with Crippen LogP contribution in [0.3, 0.4) is 0 Å². The summed E-state index contributed by atoms with van der Waals surface area (Å²) in [4.78, 5) is 12.1. The molecule has 38 heavy (non-hydrogen) atoms. The van der Waals surface area contributed by atoms with E-state index in [1.165, 1.54) is 12.5 Å². The maximum absolute atomic E-state index is 12.1. The smallest absolute Gasteiger partial charge is 0.246 e. The predicted octanol–water partition coefficient (Wildman–Crippen LogP) is 5.69. The van der Waals surface area contributed by atoms with E-state index < -0.39 is 18.1 Å². The molecule has 4 N–H and O–H groups in total. The van der Waals surface area contributed by atoms with Gasteiger partial charge in [0.15, 0.2) is 0 Å². The number of amides is 1. The fraction of sp³-hybridized carbons (Fsp3) is 0.219. The van der Waals surface area contributed by atoms with E-state index in [1.54, 1.807) is 0 Å². The maximum Gasteiger partial charge on any atom is 0.246 e. The highest BCUT2D eigenvalue weighted by Gasteiger charge is 2.27. The van der Waals surface area contributed by atoms with Crippen molar-refractivity contribution in [3.8, 4) is 33.8 Å². The van der Waals surface area contributed by atoms with Gasteiger partial charge in [-0.1, -0.05) is 60.7 Å². The molecule has 0 saturated heterocycles. The summed E-state index contributed by atoms with van der Waals surface area (Å²) in [6, 6.07) is 32.1. The van der Waals surface area contributed by atoms with Crippen molar-refractivity contribution in [3.05, 3.63) is 103 Å². The Morgan fingerprint density at radius 2 is 1.42 bits per heavy atom. The molecule has 0 aliphatic carbocycles. The Bertz CT molecular complexity index is 1330. The van der Waals surface area contributed by atoms with Crippen LogP contribution in [-0.2, 0) is 11.2 Å². The quantitative estimate of drug-likeness (QED) is 0.241. The molecule has 1 atom stereocenters. The predicted molar refractivity (Wildman–Crippen MR) is 152 cm³/mol. The molecule has 0 heterocycles. The third-order valence-corrected chi connectivity index (χ3v) is 6.27. The lowest BCUT2D eigenvalue weighted by Crippen LogP contribution is -2.51. The monoisotopic (exact) mass is 510 g/mol. The maximum atomic E-state index is 12.1. The van der Waals surface area contributed by atoms with E-state index in [-0.39, 0.29) is 0 Å². The summed E-state index contributed by atoms with van der Waals surface area (Å²) in [6.07, 6.45) is 0.812. The van der Waals surface area contributed by atoms with E-state index in [1.807, 2.05) is 67.6 Å². The number of hydrogen-bond donors (Lipinski definition) is 3. The molecule has 0 aliphatic heterocycles. The Hall–Kier alpha value is -4.13. The van der Waals surface area contributed by atoms with E-state index >= 15 is 0 Å². The van der Waals surface area contributed by atoms with Gasteiger partial charge >= 0.3 is 0 Å². The zero-order valence-corrected chi connectivity index (χ0v) is 21.8. The van der Waals surface area contributed by atoms with Gasteiger partial charge in [0.05, 0.1) is 19.8 Å². The molecule has 4 rings (SSSR count). The number of carbonyl (C=O) groups excluding carboxylic acids is 1. The van der Waals surface area contributed by atoms with Crippen molar-refractivity contribution < 1.29 is 19.4 Å². The van der Waals surface area contributed by atoms with E-state index in [2.05, 4.69) is 41.7 Å². The summed E-state index contributed by atoms with van der Waals surface area (Å²) in [7, 11) is 0. The minimum Gasteiger partial charge on any atom is -0.494 e. The van der Waals surface area contributed by atoms with Crippen molar-refractivity contribution in [1.82, 2.24) is 0 Å². The van der Waals surface area contributed by atoms with Crippen molar-refractivity contribution in [2.45, 2.75) is 25.8 Å². The lowest BCUT2D eigenvalue weighted by Gasteiger charge is -2.20. The van der Waals surface area contributed by atoms with Crippen LogP contribution in [0.2, 0.25) is 0 Å². The summed E-state index contributed by atoms with van der Waals surface area (Å²) < 4.78 is 11.6. The summed E-state index contributed by atoms with van der Waals surface area (Å²) in [5, 5.41) is 12.0. The van der Waals surface area contributed by atoms with Gasteiger partial charge < -0.3 is 25.6 Å². The van der Waals surface area contributed by atoms with Gasteiger partial charge in [-0.25, -0.2) is 0 Å². The summed E-state index contributed by atoms with van der Waals surface area (Å²) >= 11 is 0. The van der Waals surface area contributed by atoms with Gasteiger partial charge in [0.1, 0.15) is 17.0 Å². The molecule has 196 valence electrons. The summed E-state index contributed by atoms with van der Waals surface area (Å²) in [5.74, 6) is 1.26. The SMILES string of the molecule is CCOc1cccc(-c2ccc(CCOc3ccc(-c4ccc(NC(=O)[C@@](C)(N)CO)cc4)cc3)cc2)c1. The van der Waals surface area contributed by atoms with Crippen molar-refractivity contribution in [1.29, 1.82) is 0 Å². The lowest BCUT2D eigenvalue weighted by molar-refractivity contribution is -0.121. The van der Waals surface area contributed by atoms with Crippen molar-refractivity contribution >= 4 is 11.6 Å². The first-order chi connectivity index (χ1) is 18.4. The molecule has 0 radical (unpaired) electrons. The third kappa shape index (κ3) is 7.00. The van der Waals surface area contributed by atoms with Crippen LogP contribution < -0.4 is 20.5 Å². The zero-order chi connectivity index (χ0) is 27.0. The van der Waals surface area contributed by atoms with Gasteiger partial charge in [-0.05, 0) is 78.1 Å². The van der Waals surface area contributed by atoms with E-state index in [9.17, 15) is 9.90 Å². The normalized spacial score (nSPS) is 12.4. The van der Waals surface area contributed by atoms with Crippen molar-refractivity contribution in [2.75, 3.05) is 25.1 Å². The highest BCUT2D eigenvalue weighted by molar-refractivity contribution is 5.97. The second-order valence-electron chi connectivity index (χ2n) is 9.39. The molecular formula is C32H34N2O4. The number of carbonyl (C=O) groups is 1. The van der Waals surface area contributed by atoms with E-state index in [4.69, 9.17) is 15.2 Å². The van der Waals surface area contributed by atoms with Crippen LogP contribution >= 0.6 is 0 Å². The first-order valence-electron chi connectivity index (χ1n) is 12.7. The Morgan fingerprint density at radius 3 is 2.05 bits per heavy atom. The molecule has 0 bridgehead atoms. The first kappa shape index (κ1) is 26.9. The van der Waals surface area contributed by atoms with E-state index in [0.717, 1.165) is 40.2 Å². The molecule has 6 nitrogen and oxygen atoms in total. The van der Waals surface area contributed by atoms with Gasteiger partial charge in [0, 0.05) is 12.1 Å². The first-order valence-corrected chi connectivity index (χ1v) is 12.7. The number of nitrogens with two attached hydrogens (primary N) is 1. The Balaban J connectivity index is 1.28. The Labute approximate surface area is 224 Å². The minimum absolute atomic E-state index is 0.429. The molecule has 0 unspecified atom stereocenters. The molecule has 4 aromatic carbocycles. The van der Waals surface area contributed by atoms with Crippen LogP contribution in [0, 0.1) is 0 Å². The number of anilines is 1. The molecule has 0 aromatic heterocycles. The number of aliphatic hydroxyl groups is 1.